The molecule has 2 heterocycles. The van der Waals surface area contributed by atoms with Crippen molar-refractivity contribution in [1.82, 2.24) is 15.1 Å². The van der Waals surface area contributed by atoms with Crippen LogP contribution in [0.2, 0.25) is 9.36 Å². The maximum Gasteiger partial charge on any atom is 0.261 e. The SMILES string of the molecule is CCn1ncc(Cl)c1-c1cc(C(=O)N[C@H](CN)Cc2cccc(F)c2)sc1Cl. The van der Waals surface area contributed by atoms with E-state index in [4.69, 9.17) is 28.9 Å². The third kappa shape index (κ3) is 4.55. The molecule has 0 aliphatic carbocycles. The van der Waals surface area contributed by atoms with E-state index in [2.05, 4.69) is 10.4 Å². The van der Waals surface area contributed by atoms with Crippen LogP contribution >= 0.6 is 34.5 Å². The molecule has 3 N–H and O–H groups in total. The molecule has 5 nitrogen and oxygen atoms in total. The van der Waals surface area contributed by atoms with Gasteiger partial charge in [0.1, 0.15) is 10.2 Å². The number of aromatic nitrogens is 2. The lowest BCUT2D eigenvalue weighted by atomic mass is 10.1. The molecule has 0 unspecified atom stereocenters. The van der Waals surface area contributed by atoms with Gasteiger partial charge < -0.3 is 11.1 Å². The number of rotatable bonds is 7. The van der Waals surface area contributed by atoms with Gasteiger partial charge in [0.25, 0.3) is 5.91 Å². The number of thiophene rings is 1. The average molecular weight is 441 g/mol. The maximum absolute atomic E-state index is 13.4. The van der Waals surface area contributed by atoms with Crippen molar-refractivity contribution in [3.05, 3.63) is 62.1 Å². The number of halogens is 3. The summed E-state index contributed by atoms with van der Waals surface area (Å²) in [6, 6.07) is 7.61. The quantitative estimate of drug-likeness (QED) is 0.572. The third-order valence-electron chi connectivity index (χ3n) is 4.25. The van der Waals surface area contributed by atoms with E-state index >= 15 is 0 Å². The Morgan fingerprint density at radius 3 is 2.86 bits per heavy atom. The zero-order valence-corrected chi connectivity index (χ0v) is 17.4. The molecule has 0 aliphatic rings. The largest absolute Gasteiger partial charge is 0.347 e. The van der Waals surface area contributed by atoms with E-state index in [-0.39, 0.29) is 24.3 Å². The van der Waals surface area contributed by atoms with E-state index in [1.54, 1.807) is 29.1 Å². The van der Waals surface area contributed by atoms with Crippen molar-refractivity contribution in [3.63, 3.8) is 0 Å². The van der Waals surface area contributed by atoms with Gasteiger partial charge in [-0.25, -0.2) is 4.39 Å². The second-order valence-corrected chi connectivity index (χ2v) is 8.26. The highest BCUT2D eigenvalue weighted by Gasteiger charge is 2.21. The highest BCUT2D eigenvalue weighted by molar-refractivity contribution is 7.18. The number of carbonyl (C=O) groups is 1. The van der Waals surface area contributed by atoms with Crippen LogP contribution in [0, 0.1) is 5.82 Å². The first kappa shape index (κ1) is 20.8. The average Bonchev–Trinajstić information content (AvgIpc) is 3.23. The predicted octanol–water partition coefficient (Wildman–Crippen LogP) is 4.38. The molecule has 1 aromatic carbocycles. The van der Waals surface area contributed by atoms with Crippen LogP contribution in [0.4, 0.5) is 4.39 Å². The Kier molecular flexibility index (Phi) is 6.72. The number of amides is 1. The summed E-state index contributed by atoms with van der Waals surface area (Å²) in [4.78, 5) is 13.1. The van der Waals surface area contributed by atoms with Crippen LogP contribution in [-0.2, 0) is 13.0 Å². The minimum Gasteiger partial charge on any atom is -0.347 e. The second-order valence-electron chi connectivity index (χ2n) is 6.20. The second kappa shape index (κ2) is 9.05. The fourth-order valence-electron chi connectivity index (χ4n) is 2.91. The Hall–Kier alpha value is -1.93. The normalized spacial score (nSPS) is 12.2. The molecule has 0 radical (unpaired) electrons. The van der Waals surface area contributed by atoms with Crippen LogP contribution in [-0.4, -0.2) is 28.3 Å². The van der Waals surface area contributed by atoms with E-state index in [1.807, 2.05) is 6.92 Å². The van der Waals surface area contributed by atoms with Crippen LogP contribution in [0.5, 0.6) is 0 Å². The summed E-state index contributed by atoms with van der Waals surface area (Å²) in [6.07, 6.45) is 1.98. The first-order chi connectivity index (χ1) is 13.4. The molecule has 3 rings (SSSR count). The molecule has 0 fully saturated rings. The molecular weight excluding hydrogens is 422 g/mol. The van der Waals surface area contributed by atoms with Gasteiger partial charge in [0.2, 0.25) is 0 Å². The van der Waals surface area contributed by atoms with Crippen molar-refractivity contribution in [2.24, 2.45) is 5.73 Å². The van der Waals surface area contributed by atoms with Crippen LogP contribution in [0.3, 0.4) is 0 Å². The molecule has 0 bridgehead atoms. The molecule has 9 heteroatoms. The van der Waals surface area contributed by atoms with Gasteiger partial charge in [0.15, 0.2) is 0 Å². The van der Waals surface area contributed by atoms with Gasteiger partial charge in [-0.2, -0.15) is 5.10 Å². The van der Waals surface area contributed by atoms with E-state index in [0.717, 1.165) is 16.9 Å². The molecule has 0 aliphatic heterocycles. The van der Waals surface area contributed by atoms with Crippen LogP contribution < -0.4 is 11.1 Å². The number of hydrogen-bond donors (Lipinski definition) is 2. The number of carbonyl (C=O) groups excluding carboxylic acids is 1. The topological polar surface area (TPSA) is 72.9 Å². The molecule has 3 aromatic rings. The van der Waals surface area contributed by atoms with Crippen LogP contribution in [0.15, 0.2) is 36.5 Å². The number of benzene rings is 1. The van der Waals surface area contributed by atoms with Gasteiger partial charge in [-0.1, -0.05) is 35.3 Å². The summed E-state index contributed by atoms with van der Waals surface area (Å²) in [7, 11) is 0. The lowest BCUT2D eigenvalue weighted by Crippen LogP contribution is -2.41. The Balaban J connectivity index is 1.78. The third-order valence-corrected chi connectivity index (χ3v) is 5.88. The van der Waals surface area contributed by atoms with Crippen molar-refractivity contribution in [2.45, 2.75) is 25.9 Å². The summed E-state index contributed by atoms with van der Waals surface area (Å²) >= 11 is 13.8. The molecule has 28 heavy (non-hydrogen) atoms. The number of aryl methyl sites for hydroxylation is 1. The summed E-state index contributed by atoms with van der Waals surface area (Å²) in [6.45, 7) is 2.79. The smallest absolute Gasteiger partial charge is 0.261 e. The molecule has 2 aromatic heterocycles. The minimum atomic E-state index is -0.330. The van der Waals surface area contributed by atoms with Crippen molar-refractivity contribution in [2.75, 3.05) is 6.54 Å². The van der Waals surface area contributed by atoms with Gasteiger partial charge >= 0.3 is 0 Å². The van der Waals surface area contributed by atoms with E-state index in [1.165, 1.54) is 12.1 Å². The molecular formula is C19H19Cl2FN4OS. The fourth-order valence-corrected chi connectivity index (χ4v) is 4.33. The van der Waals surface area contributed by atoms with E-state index in [9.17, 15) is 9.18 Å². The van der Waals surface area contributed by atoms with Gasteiger partial charge in [-0.05, 0) is 37.1 Å². The van der Waals surface area contributed by atoms with Gasteiger partial charge in [-0.15, -0.1) is 11.3 Å². The zero-order chi connectivity index (χ0) is 20.3. The zero-order valence-electron chi connectivity index (χ0n) is 15.1. The summed E-state index contributed by atoms with van der Waals surface area (Å²) in [5, 5.41) is 7.57. The van der Waals surface area contributed by atoms with E-state index in [0.29, 0.717) is 38.5 Å². The van der Waals surface area contributed by atoms with Crippen molar-refractivity contribution in [3.8, 4) is 11.3 Å². The van der Waals surface area contributed by atoms with Gasteiger partial charge in [0, 0.05) is 24.7 Å². The van der Waals surface area contributed by atoms with Crippen LogP contribution in [0.25, 0.3) is 11.3 Å². The predicted molar refractivity (Wildman–Crippen MR) is 112 cm³/mol. The number of hydrogen-bond acceptors (Lipinski definition) is 4. The Morgan fingerprint density at radius 2 is 2.18 bits per heavy atom. The van der Waals surface area contributed by atoms with Crippen molar-refractivity contribution in [1.29, 1.82) is 0 Å². The molecule has 0 saturated heterocycles. The lowest BCUT2D eigenvalue weighted by molar-refractivity contribution is 0.0942. The Labute approximate surface area is 176 Å². The number of nitrogens with one attached hydrogen (secondary N) is 1. The standard InChI is InChI=1S/C19H19Cl2FN4OS/c1-2-26-17(15(20)10-24-26)14-8-16(28-18(14)21)19(27)25-13(9-23)7-11-4-3-5-12(22)6-11/h3-6,8,10,13H,2,7,9,23H2,1H3,(H,25,27)/t13-/m0/s1. The number of nitrogens with zero attached hydrogens (tertiary/aromatic N) is 2. The molecule has 0 spiro atoms. The maximum atomic E-state index is 13.4. The number of nitrogens with two attached hydrogens (primary N) is 1. The van der Waals surface area contributed by atoms with Crippen LogP contribution in [0.1, 0.15) is 22.2 Å². The monoisotopic (exact) mass is 440 g/mol. The molecule has 148 valence electrons. The summed E-state index contributed by atoms with van der Waals surface area (Å²) < 4.78 is 15.6. The highest BCUT2D eigenvalue weighted by Crippen LogP contribution is 2.39. The lowest BCUT2D eigenvalue weighted by Gasteiger charge is -2.16. The summed E-state index contributed by atoms with van der Waals surface area (Å²) in [5.74, 6) is -0.609. The van der Waals surface area contributed by atoms with Gasteiger partial charge in [0.05, 0.1) is 21.8 Å². The Morgan fingerprint density at radius 1 is 1.39 bits per heavy atom. The van der Waals surface area contributed by atoms with Crippen molar-refractivity contribution < 1.29 is 9.18 Å². The molecule has 1 amide bonds. The van der Waals surface area contributed by atoms with Gasteiger partial charge in [-0.3, -0.25) is 9.48 Å². The summed E-state index contributed by atoms with van der Waals surface area (Å²) in [5.41, 5.74) is 7.90. The molecule has 0 saturated carbocycles. The Bertz CT molecular complexity index is 988. The fraction of sp³-hybridized carbons (Fsp3) is 0.263. The molecule has 1 atom stereocenters. The first-order valence-electron chi connectivity index (χ1n) is 8.69. The van der Waals surface area contributed by atoms with E-state index < -0.39 is 0 Å². The highest BCUT2D eigenvalue weighted by atomic mass is 35.5. The first-order valence-corrected chi connectivity index (χ1v) is 10.3. The van der Waals surface area contributed by atoms with Crippen molar-refractivity contribution >= 4 is 40.4 Å². The minimum absolute atomic E-state index is 0.225.